The van der Waals surface area contributed by atoms with Crippen molar-refractivity contribution in [1.29, 1.82) is 0 Å². The van der Waals surface area contributed by atoms with Gasteiger partial charge in [-0.05, 0) is 48.2 Å². The van der Waals surface area contributed by atoms with Crippen LogP contribution in [0, 0.1) is 5.82 Å². The molecule has 1 N–H and O–H groups in total. The Morgan fingerprint density at radius 3 is 2.47 bits per heavy atom. The smallest absolute Gasteiger partial charge is 0.257 e. The second-order valence-electron chi connectivity index (χ2n) is 7.83. The summed E-state index contributed by atoms with van der Waals surface area (Å²) in [5.74, 6) is -1.38. The van der Waals surface area contributed by atoms with Gasteiger partial charge in [0.15, 0.2) is 0 Å². The fraction of sp³-hybridized carbons (Fsp3) is 0.348. The van der Waals surface area contributed by atoms with Crippen molar-refractivity contribution < 1.29 is 18.8 Å². The molecule has 0 bridgehead atoms. The summed E-state index contributed by atoms with van der Waals surface area (Å²) in [5, 5.41) is 2.74. The third-order valence-electron chi connectivity index (χ3n) is 5.72. The van der Waals surface area contributed by atoms with Gasteiger partial charge in [-0.2, -0.15) is 0 Å². The number of amides is 3. The largest absolute Gasteiger partial charge is 0.341 e. The molecule has 2 aliphatic rings. The zero-order valence-electron chi connectivity index (χ0n) is 16.9. The third-order valence-corrected chi connectivity index (χ3v) is 5.72. The molecule has 4 rings (SSSR count). The van der Waals surface area contributed by atoms with E-state index in [1.54, 1.807) is 17.0 Å². The quantitative estimate of drug-likeness (QED) is 0.847. The molecule has 2 aromatic rings. The number of halogens is 1. The molecule has 1 atom stereocenters. The van der Waals surface area contributed by atoms with E-state index >= 15 is 0 Å². The van der Waals surface area contributed by atoms with Crippen LogP contribution in [0.3, 0.4) is 0 Å². The SMILES string of the molecule is CC(=O)Nc1ccc2c(c1)CN(C(=O)c1ccccc1F)[C@@H](C(=O)N1CCCC1)C2. The Morgan fingerprint density at radius 2 is 1.77 bits per heavy atom. The highest BCUT2D eigenvalue weighted by Gasteiger charge is 2.38. The average molecular weight is 409 g/mol. The van der Waals surface area contributed by atoms with Crippen molar-refractivity contribution in [3.63, 3.8) is 0 Å². The van der Waals surface area contributed by atoms with Crippen LogP contribution in [0.5, 0.6) is 0 Å². The van der Waals surface area contributed by atoms with Crippen LogP contribution in [0.25, 0.3) is 0 Å². The second kappa shape index (κ2) is 8.26. The zero-order chi connectivity index (χ0) is 21.3. The Labute approximate surface area is 174 Å². The minimum Gasteiger partial charge on any atom is -0.341 e. The van der Waals surface area contributed by atoms with Gasteiger partial charge in [-0.3, -0.25) is 14.4 Å². The van der Waals surface area contributed by atoms with Gasteiger partial charge in [0.1, 0.15) is 11.9 Å². The predicted octanol–water partition coefficient (Wildman–Crippen LogP) is 2.97. The van der Waals surface area contributed by atoms with Crippen LogP contribution in [0.2, 0.25) is 0 Å². The highest BCUT2D eigenvalue weighted by molar-refractivity contribution is 5.98. The van der Waals surface area contributed by atoms with Gasteiger partial charge < -0.3 is 15.1 Å². The van der Waals surface area contributed by atoms with Crippen LogP contribution < -0.4 is 5.32 Å². The van der Waals surface area contributed by atoms with Crippen LogP contribution >= 0.6 is 0 Å². The Morgan fingerprint density at radius 1 is 1.03 bits per heavy atom. The van der Waals surface area contributed by atoms with Gasteiger partial charge in [0.05, 0.1) is 5.56 Å². The maximum atomic E-state index is 14.3. The molecule has 7 heteroatoms. The Bertz CT molecular complexity index is 1000. The molecule has 0 aromatic heterocycles. The van der Waals surface area contributed by atoms with Crippen molar-refractivity contribution >= 4 is 23.4 Å². The summed E-state index contributed by atoms with van der Waals surface area (Å²) in [7, 11) is 0. The monoisotopic (exact) mass is 409 g/mol. The Hall–Kier alpha value is -3.22. The molecule has 2 aromatic carbocycles. The molecule has 30 heavy (non-hydrogen) atoms. The number of benzene rings is 2. The van der Waals surface area contributed by atoms with Gasteiger partial charge in [0, 0.05) is 38.7 Å². The normalized spacial score (nSPS) is 18.1. The number of hydrogen-bond donors (Lipinski definition) is 1. The third kappa shape index (κ3) is 3.92. The number of carbonyl (C=O) groups is 3. The summed E-state index contributed by atoms with van der Waals surface area (Å²) >= 11 is 0. The van der Waals surface area contributed by atoms with Gasteiger partial charge >= 0.3 is 0 Å². The molecule has 2 heterocycles. The van der Waals surface area contributed by atoms with Gasteiger partial charge in [0.25, 0.3) is 5.91 Å². The summed E-state index contributed by atoms with van der Waals surface area (Å²) in [6.07, 6.45) is 2.28. The summed E-state index contributed by atoms with van der Waals surface area (Å²) in [4.78, 5) is 41.2. The maximum absolute atomic E-state index is 14.3. The molecule has 0 aliphatic carbocycles. The lowest BCUT2D eigenvalue weighted by atomic mass is 9.92. The Balaban J connectivity index is 1.70. The molecule has 0 spiro atoms. The summed E-state index contributed by atoms with van der Waals surface area (Å²) in [6.45, 7) is 2.98. The highest BCUT2D eigenvalue weighted by atomic mass is 19.1. The fourth-order valence-corrected chi connectivity index (χ4v) is 4.24. The number of fused-ring (bicyclic) bond motifs is 1. The maximum Gasteiger partial charge on any atom is 0.257 e. The van der Waals surface area contributed by atoms with E-state index in [1.165, 1.54) is 30.0 Å². The lowest BCUT2D eigenvalue weighted by Crippen LogP contribution is -2.53. The first-order valence-corrected chi connectivity index (χ1v) is 10.2. The number of likely N-dealkylation sites (tertiary alicyclic amines) is 1. The van der Waals surface area contributed by atoms with Crippen LogP contribution in [0.1, 0.15) is 41.3 Å². The highest BCUT2D eigenvalue weighted by Crippen LogP contribution is 2.29. The molecule has 1 saturated heterocycles. The van der Waals surface area contributed by atoms with Crippen molar-refractivity contribution in [2.24, 2.45) is 0 Å². The number of nitrogens with zero attached hydrogens (tertiary/aromatic N) is 2. The molecule has 0 unspecified atom stereocenters. The van der Waals surface area contributed by atoms with E-state index in [2.05, 4.69) is 5.32 Å². The van der Waals surface area contributed by atoms with E-state index in [1.807, 2.05) is 12.1 Å². The van der Waals surface area contributed by atoms with Crippen molar-refractivity contribution in [1.82, 2.24) is 9.80 Å². The number of nitrogens with one attached hydrogen (secondary N) is 1. The lowest BCUT2D eigenvalue weighted by molar-refractivity contribution is -0.135. The first kappa shape index (κ1) is 20.1. The van der Waals surface area contributed by atoms with Crippen molar-refractivity contribution in [2.45, 2.75) is 38.8 Å². The van der Waals surface area contributed by atoms with E-state index in [0.717, 1.165) is 24.0 Å². The van der Waals surface area contributed by atoms with E-state index in [-0.39, 0.29) is 23.9 Å². The van der Waals surface area contributed by atoms with Crippen molar-refractivity contribution in [2.75, 3.05) is 18.4 Å². The van der Waals surface area contributed by atoms with Gasteiger partial charge in [-0.15, -0.1) is 0 Å². The second-order valence-corrected chi connectivity index (χ2v) is 7.83. The number of anilines is 1. The van der Waals surface area contributed by atoms with Crippen LogP contribution in [-0.4, -0.2) is 46.7 Å². The first-order chi connectivity index (χ1) is 14.4. The van der Waals surface area contributed by atoms with E-state index in [9.17, 15) is 18.8 Å². The van der Waals surface area contributed by atoms with Gasteiger partial charge in [-0.25, -0.2) is 4.39 Å². The van der Waals surface area contributed by atoms with Gasteiger partial charge in [0.2, 0.25) is 11.8 Å². The summed E-state index contributed by atoms with van der Waals surface area (Å²) in [5.41, 5.74) is 2.39. The minimum absolute atomic E-state index is 0.0433. The molecule has 1 fully saturated rings. The van der Waals surface area contributed by atoms with E-state index in [4.69, 9.17) is 0 Å². The van der Waals surface area contributed by atoms with E-state index < -0.39 is 17.8 Å². The van der Waals surface area contributed by atoms with Gasteiger partial charge in [-0.1, -0.05) is 18.2 Å². The molecular weight excluding hydrogens is 385 g/mol. The minimum atomic E-state index is -0.672. The lowest BCUT2D eigenvalue weighted by Gasteiger charge is -2.38. The van der Waals surface area contributed by atoms with Crippen LogP contribution in [0.4, 0.5) is 10.1 Å². The average Bonchev–Trinajstić information content (AvgIpc) is 3.26. The Kier molecular flexibility index (Phi) is 5.53. The summed E-state index contributed by atoms with van der Waals surface area (Å²) in [6, 6.07) is 10.7. The predicted molar refractivity (Wildman–Crippen MR) is 110 cm³/mol. The number of carbonyl (C=O) groups excluding carboxylic acids is 3. The molecule has 156 valence electrons. The molecule has 0 radical (unpaired) electrons. The first-order valence-electron chi connectivity index (χ1n) is 10.2. The standard InChI is InChI=1S/C23H24FN3O3/c1-15(28)25-18-9-8-16-13-21(23(30)26-10-4-5-11-26)27(14-17(16)12-18)22(29)19-6-2-3-7-20(19)24/h2-3,6-9,12,21H,4-5,10-11,13-14H2,1H3,(H,25,28)/t21-/m1/s1. The number of rotatable bonds is 3. The molecular formula is C23H24FN3O3. The topological polar surface area (TPSA) is 69.7 Å². The molecule has 2 aliphatic heterocycles. The molecule has 6 nitrogen and oxygen atoms in total. The number of hydrogen-bond acceptors (Lipinski definition) is 3. The fourth-order valence-electron chi connectivity index (χ4n) is 4.24. The van der Waals surface area contributed by atoms with Crippen LogP contribution in [0.15, 0.2) is 42.5 Å². The van der Waals surface area contributed by atoms with Crippen molar-refractivity contribution in [3.8, 4) is 0 Å². The van der Waals surface area contributed by atoms with E-state index in [0.29, 0.717) is 25.2 Å². The van der Waals surface area contributed by atoms with Crippen molar-refractivity contribution in [3.05, 3.63) is 65.0 Å². The molecule has 0 saturated carbocycles. The zero-order valence-corrected chi connectivity index (χ0v) is 16.9. The summed E-state index contributed by atoms with van der Waals surface area (Å²) < 4.78 is 14.3. The molecule has 3 amide bonds. The van der Waals surface area contributed by atoms with Crippen LogP contribution in [-0.2, 0) is 22.6 Å².